The van der Waals surface area contributed by atoms with Crippen LogP contribution in [-0.2, 0) is 4.79 Å². The highest BCUT2D eigenvalue weighted by molar-refractivity contribution is 9.10. The van der Waals surface area contributed by atoms with Crippen LogP contribution in [-0.4, -0.2) is 23.1 Å². The van der Waals surface area contributed by atoms with E-state index in [1.54, 1.807) is 12.1 Å². The van der Waals surface area contributed by atoms with E-state index >= 15 is 0 Å². The van der Waals surface area contributed by atoms with Crippen molar-refractivity contribution in [2.24, 2.45) is 0 Å². The van der Waals surface area contributed by atoms with Crippen molar-refractivity contribution in [2.45, 2.75) is 5.92 Å². The molecule has 0 radical (unpaired) electrons. The number of furan rings is 1. The Kier molecular flexibility index (Phi) is 3.87. The van der Waals surface area contributed by atoms with Crippen LogP contribution >= 0.6 is 27.7 Å². The first-order valence-electron chi connectivity index (χ1n) is 3.62. The molecule has 1 atom stereocenters. The van der Waals surface area contributed by atoms with Crippen LogP contribution < -0.4 is 0 Å². The highest BCUT2D eigenvalue weighted by atomic mass is 79.9. The summed E-state index contributed by atoms with van der Waals surface area (Å²) in [6.45, 7) is 0. The Balaban J connectivity index is 2.81. The minimum Gasteiger partial charge on any atom is -0.481 e. The molecule has 1 N–H and O–H groups in total. The number of hydrogen-bond acceptors (Lipinski definition) is 3. The lowest BCUT2D eigenvalue weighted by atomic mass is 10.1. The molecule has 1 aromatic rings. The van der Waals surface area contributed by atoms with Gasteiger partial charge in [-0.15, -0.1) is 0 Å². The fourth-order valence-electron chi connectivity index (χ4n) is 0.957. The first-order chi connectivity index (χ1) is 6.15. The van der Waals surface area contributed by atoms with E-state index < -0.39 is 11.9 Å². The summed E-state index contributed by atoms with van der Waals surface area (Å²) in [5, 5.41) is 8.88. The van der Waals surface area contributed by atoms with Gasteiger partial charge in [0.15, 0.2) is 4.67 Å². The lowest BCUT2D eigenvalue weighted by Gasteiger charge is -2.06. The van der Waals surface area contributed by atoms with Gasteiger partial charge in [-0.1, -0.05) is 0 Å². The SMILES string of the molecule is CSCC(C(=O)O)c1ccc(Br)o1. The molecule has 0 bridgehead atoms. The first-order valence-corrected chi connectivity index (χ1v) is 5.81. The van der Waals surface area contributed by atoms with Crippen LogP contribution in [0.3, 0.4) is 0 Å². The summed E-state index contributed by atoms with van der Waals surface area (Å²) in [6.07, 6.45) is 1.87. The second-order valence-electron chi connectivity index (χ2n) is 2.49. The van der Waals surface area contributed by atoms with E-state index in [0.717, 1.165) is 0 Å². The molecule has 5 heteroatoms. The van der Waals surface area contributed by atoms with Crippen molar-refractivity contribution < 1.29 is 14.3 Å². The van der Waals surface area contributed by atoms with Crippen LogP contribution in [0.4, 0.5) is 0 Å². The molecule has 72 valence electrons. The fourth-order valence-corrected chi connectivity index (χ4v) is 1.92. The van der Waals surface area contributed by atoms with Crippen LogP contribution in [0.25, 0.3) is 0 Å². The van der Waals surface area contributed by atoms with Crippen molar-refractivity contribution in [2.75, 3.05) is 12.0 Å². The van der Waals surface area contributed by atoms with Gasteiger partial charge in [0.2, 0.25) is 0 Å². The molecular formula is C8H9BrO3S. The van der Waals surface area contributed by atoms with Gasteiger partial charge in [0.25, 0.3) is 0 Å². The van der Waals surface area contributed by atoms with Crippen LogP contribution in [0.5, 0.6) is 0 Å². The Hall–Kier alpha value is -0.420. The average molecular weight is 265 g/mol. The molecule has 0 saturated heterocycles. The first kappa shape index (κ1) is 10.7. The molecular weight excluding hydrogens is 256 g/mol. The summed E-state index contributed by atoms with van der Waals surface area (Å²) in [5.41, 5.74) is 0. The van der Waals surface area contributed by atoms with Crippen molar-refractivity contribution >= 4 is 33.7 Å². The number of carboxylic acids is 1. The molecule has 0 aliphatic carbocycles. The summed E-state index contributed by atoms with van der Waals surface area (Å²) >= 11 is 4.62. The molecule has 0 aliphatic rings. The summed E-state index contributed by atoms with van der Waals surface area (Å²) < 4.78 is 5.75. The standard InChI is InChI=1S/C8H9BrO3S/c1-13-4-5(8(10)11)6-2-3-7(9)12-6/h2-3,5H,4H2,1H3,(H,10,11). The minimum absolute atomic E-state index is 0.494. The molecule has 0 fully saturated rings. The molecule has 1 heterocycles. The summed E-state index contributed by atoms with van der Waals surface area (Å²) in [4.78, 5) is 10.8. The highest BCUT2D eigenvalue weighted by Gasteiger charge is 2.22. The van der Waals surface area contributed by atoms with Crippen molar-refractivity contribution in [1.82, 2.24) is 0 Å². The predicted octanol–water partition coefficient (Wildman–Crippen LogP) is 2.57. The van der Waals surface area contributed by atoms with Crippen LogP contribution in [0.2, 0.25) is 0 Å². The van der Waals surface area contributed by atoms with Gasteiger partial charge >= 0.3 is 5.97 Å². The molecule has 0 aliphatic heterocycles. The van der Waals surface area contributed by atoms with E-state index in [1.165, 1.54) is 11.8 Å². The number of halogens is 1. The molecule has 1 unspecified atom stereocenters. The van der Waals surface area contributed by atoms with Gasteiger partial charge in [0.05, 0.1) is 0 Å². The zero-order valence-electron chi connectivity index (χ0n) is 6.99. The van der Waals surface area contributed by atoms with E-state index in [0.29, 0.717) is 16.2 Å². The van der Waals surface area contributed by atoms with E-state index in [-0.39, 0.29) is 0 Å². The van der Waals surface area contributed by atoms with Crippen molar-refractivity contribution in [3.05, 3.63) is 22.6 Å². The average Bonchev–Trinajstić information content (AvgIpc) is 2.46. The van der Waals surface area contributed by atoms with Gasteiger partial charge in [-0.3, -0.25) is 4.79 Å². The summed E-state index contributed by atoms with van der Waals surface area (Å²) in [7, 11) is 0. The molecule has 0 spiro atoms. The van der Waals surface area contributed by atoms with E-state index in [9.17, 15) is 4.79 Å². The maximum atomic E-state index is 10.8. The van der Waals surface area contributed by atoms with Crippen molar-refractivity contribution in [3.8, 4) is 0 Å². The Morgan fingerprint density at radius 3 is 2.85 bits per heavy atom. The quantitative estimate of drug-likeness (QED) is 0.909. The molecule has 1 rings (SSSR count). The topological polar surface area (TPSA) is 50.4 Å². The second kappa shape index (κ2) is 4.72. The monoisotopic (exact) mass is 264 g/mol. The Morgan fingerprint density at radius 2 is 2.46 bits per heavy atom. The van der Waals surface area contributed by atoms with Crippen molar-refractivity contribution in [3.63, 3.8) is 0 Å². The number of hydrogen-bond donors (Lipinski definition) is 1. The van der Waals surface area contributed by atoms with Crippen LogP contribution in [0, 0.1) is 0 Å². The molecule has 3 nitrogen and oxygen atoms in total. The van der Waals surface area contributed by atoms with Gasteiger partial charge in [-0.05, 0) is 34.3 Å². The molecule has 1 aromatic heterocycles. The lowest BCUT2D eigenvalue weighted by molar-refractivity contribution is -0.138. The van der Waals surface area contributed by atoms with Gasteiger partial charge in [-0.25, -0.2) is 0 Å². The van der Waals surface area contributed by atoms with E-state index in [1.807, 2.05) is 6.26 Å². The smallest absolute Gasteiger partial charge is 0.315 e. The summed E-state index contributed by atoms with van der Waals surface area (Å²) in [5.74, 6) is -0.388. The number of rotatable bonds is 4. The number of thioether (sulfide) groups is 1. The van der Waals surface area contributed by atoms with E-state index in [2.05, 4.69) is 15.9 Å². The zero-order valence-corrected chi connectivity index (χ0v) is 9.39. The number of aliphatic carboxylic acids is 1. The maximum absolute atomic E-state index is 10.8. The third-order valence-electron chi connectivity index (χ3n) is 1.57. The Morgan fingerprint density at radius 1 is 1.77 bits per heavy atom. The van der Waals surface area contributed by atoms with Gasteiger partial charge in [-0.2, -0.15) is 11.8 Å². The highest BCUT2D eigenvalue weighted by Crippen LogP contribution is 2.24. The maximum Gasteiger partial charge on any atom is 0.315 e. The Labute approximate surface area is 88.6 Å². The number of carboxylic acid groups (broad SMARTS) is 1. The third-order valence-corrected chi connectivity index (χ3v) is 2.66. The summed E-state index contributed by atoms with van der Waals surface area (Å²) in [6, 6.07) is 3.38. The largest absolute Gasteiger partial charge is 0.481 e. The van der Waals surface area contributed by atoms with Gasteiger partial charge < -0.3 is 9.52 Å². The Bertz CT molecular complexity index is 297. The molecule has 13 heavy (non-hydrogen) atoms. The van der Waals surface area contributed by atoms with Gasteiger partial charge in [0.1, 0.15) is 11.7 Å². The molecule has 0 saturated carbocycles. The van der Waals surface area contributed by atoms with Crippen molar-refractivity contribution in [1.29, 1.82) is 0 Å². The van der Waals surface area contributed by atoms with E-state index in [4.69, 9.17) is 9.52 Å². The molecule has 0 amide bonds. The van der Waals surface area contributed by atoms with Gasteiger partial charge in [0, 0.05) is 5.75 Å². The van der Waals surface area contributed by atoms with Crippen LogP contribution in [0.15, 0.2) is 21.2 Å². The number of carbonyl (C=O) groups is 1. The minimum atomic E-state index is -0.851. The fraction of sp³-hybridized carbons (Fsp3) is 0.375. The van der Waals surface area contributed by atoms with Crippen LogP contribution in [0.1, 0.15) is 11.7 Å². The molecule has 0 aromatic carbocycles. The second-order valence-corrected chi connectivity index (χ2v) is 4.18. The zero-order chi connectivity index (χ0) is 9.84. The predicted molar refractivity (Wildman–Crippen MR) is 55.2 cm³/mol. The normalized spacial score (nSPS) is 12.8. The lowest BCUT2D eigenvalue weighted by Crippen LogP contribution is -2.13. The third kappa shape index (κ3) is 2.77.